The summed E-state index contributed by atoms with van der Waals surface area (Å²) < 4.78 is 0. The maximum absolute atomic E-state index is 11.3. The van der Waals surface area contributed by atoms with E-state index in [0.29, 0.717) is 28.7 Å². The molecule has 0 atom stereocenters. The second-order valence-electron chi connectivity index (χ2n) is 5.59. The second kappa shape index (κ2) is 6.96. The number of carbonyl (C=O) groups is 1. The third kappa shape index (κ3) is 3.89. The zero-order valence-electron chi connectivity index (χ0n) is 13.9. The van der Waals surface area contributed by atoms with Gasteiger partial charge in [0.05, 0.1) is 0 Å². The van der Waals surface area contributed by atoms with Crippen LogP contribution in [0.15, 0.2) is 48.9 Å². The molecule has 0 unspecified atom stereocenters. The van der Waals surface area contributed by atoms with Gasteiger partial charge in [0.2, 0.25) is 0 Å². The van der Waals surface area contributed by atoms with Crippen LogP contribution in [0.4, 0.5) is 28.8 Å². The molecule has 0 aliphatic rings. The van der Waals surface area contributed by atoms with Crippen molar-refractivity contribution in [2.24, 2.45) is 0 Å². The zero-order valence-corrected chi connectivity index (χ0v) is 13.9. The molecule has 0 bridgehead atoms. The highest BCUT2D eigenvalue weighted by Gasteiger charge is 2.09. The van der Waals surface area contributed by atoms with E-state index in [1.165, 1.54) is 13.3 Å². The van der Waals surface area contributed by atoms with Crippen LogP contribution in [0.3, 0.4) is 0 Å². The third-order valence-corrected chi connectivity index (χ3v) is 3.60. The highest BCUT2D eigenvalue weighted by molar-refractivity contribution is 5.94. The summed E-state index contributed by atoms with van der Waals surface area (Å²) in [6.07, 6.45) is 3.13. The first-order valence-corrected chi connectivity index (χ1v) is 7.71. The molecule has 2 aromatic heterocycles. The largest absolute Gasteiger partial charge is 0.393 e. The maximum Gasteiger partial charge on any atom is 0.160 e. The van der Waals surface area contributed by atoms with Gasteiger partial charge in [0.25, 0.3) is 0 Å². The molecule has 126 valence electrons. The Kier molecular flexibility index (Phi) is 4.56. The quantitative estimate of drug-likeness (QED) is 0.614. The van der Waals surface area contributed by atoms with E-state index in [-0.39, 0.29) is 5.78 Å². The fourth-order valence-corrected chi connectivity index (χ4v) is 2.25. The molecule has 0 spiro atoms. The predicted molar refractivity (Wildman–Crippen MR) is 98.4 cm³/mol. The Balaban J connectivity index is 1.82. The van der Waals surface area contributed by atoms with E-state index in [2.05, 4.69) is 25.6 Å². The van der Waals surface area contributed by atoms with Gasteiger partial charge in [-0.05, 0) is 55.8 Å². The number of benzene rings is 1. The summed E-state index contributed by atoms with van der Waals surface area (Å²) in [5.41, 5.74) is 9.04. The van der Waals surface area contributed by atoms with Crippen molar-refractivity contribution >= 4 is 34.6 Å². The molecule has 0 aliphatic carbocycles. The molecule has 2 heterocycles. The number of nitrogens with one attached hydrogen (secondary N) is 2. The van der Waals surface area contributed by atoms with Gasteiger partial charge in [0.1, 0.15) is 17.8 Å². The van der Waals surface area contributed by atoms with Crippen molar-refractivity contribution in [3.05, 3.63) is 60.0 Å². The first-order valence-electron chi connectivity index (χ1n) is 7.71. The van der Waals surface area contributed by atoms with Gasteiger partial charge in [0.15, 0.2) is 17.4 Å². The highest BCUT2D eigenvalue weighted by Crippen LogP contribution is 2.27. The summed E-state index contributed by atoms with van der Waals surface area (Å²) in [6, 6.07) is 10.9. The highest BCUT2D eigenvalue weighted by atomic mass is 16.1. The number of hydrogen-bond donors (Lipinski definition) is 3. The number of ketones is 1. The molecule has 0 radical (unpaired) electrons. The number of carbonyl (C=O) groups excluding carboxylic acids is 1. The zero-order chi connectivity index (χ0) is 17.8. The average molecular weight is 334 g/mol. The van der Waals surface area contributed by atoms with E-state index in [4.69, 9.17) is 5.73 Å². The van der Waals surface area contributed by atoms with Gasteiger partial charge in [-0.25, -0.2) is 15.0 Å². The Morgan fingerprint density at radius 3 is 2.32 bits per heavy atom. The van der Waals surface area contributed by atoms with E-state index in [0.717, 1.165) is 11.3 Å². The molecular weight excluding hydrogens is 316 g/mol. The topological polar surface area (TPSA) is 106 Å². The normalized spacial score (nSPS) is 10.3. The van der Waals surface area contributed by atoms with Crippen LogP contribution < -0.4 is 16.4 Å². The number of Topliss-reactive ketones (excluding diaryl/α,β-unsaturated/α-hetero) is 1. The van der Waals surface area contributed by atoms with Gasteiger partial charge in [-0.15, -0.1) is 0 Å². The van der Waals surface area contributed by atoms with Crippen LogP contribution in [0, 0.1) is 6.92 Å². The number of rotatable bonds is 5. The second-order valence-corrected chi connectivity index (χ2v) is 5.59. The molecule has 0 amide bonds. The van der Waals surface area contributed by atoms with Crippen molar-refractivity contribution in [1.29, 1.82) is 0 Å². The summed E-state index contributed by atoms with van der Waals surface area (Å²) in [6.45, 7) is 3.51. The van der Waals surface area contributed by atoms with E-state index < -0.39 is 0 Å². The van der Waals surface area contributed by atoms with Crippen molar-refractivity contribution in [3.63, 3.8) is 0 Å². The van der Waals surface area contributed by atoms with Gasteiger partial charge in [0, 0.05) is 17.4 Å². The fourth-order valence-electron chi connectivity index (χ4n) is 2.25. The molecule has 4 N–H and O–H groups in total. The Hall–Kier alpha value is -3.48. The number of aromatic nitrogens is 3. The summed E-state index contributed by atoms with van der Waals surface area (Å²) in [5, 5.41) is 6.22. The van der Waals surface area contributed by atoms with Crippen LogP contribution in [0.2, 0.25) is 0 Å². The molecule has 0 aliphatic heterocycles. The Morgan fingerprint density at radius 2 is 1.68 bits per heavy atom. The van der Waals surface area contributed by atoms with Gasteiger partial charge in [-0.3, -0.25) is 4.79 Å². The number of nitrogens with two attached hydrogens (primary N) is 1. The number of nitrogens with zero attached hydrogens (tertiary/aromatic N) is 3. The minimum atomic E-state index is 0.0187. The first kappa shape index (κ1) is 16.4. The molecule has 3 rings (SSSR count). The summed E-state index contributed by atoms with van der Waals surface area (Å²) in [7, 11) is 0. The van der Waals surface area contributed by atoms with Gasteiger partial charge < -0.3 is 16.4 Å². The standard InChI is InChI=1S/C18H18N6O/c1-11-7-8-20-15(9-11)24-18-16(19)17(21-10-22-18)23-14-5-3-13(4-6-14)12(2)25/h3-10H,19H2,1-2H3,(H2,20,21,22,23,24). The summed E-state index contributed by atoms with van der Waals surface area (Å²) in [5.74, 6) is 1.61. The number of aryl methyl sites for hydroxylation is 1. The Bertz CT molecular complexity index is 908. The minimum absolute atomic E-state index is 0.0187. The molecule has 0 saturated carbocycles. The number of hydrogen-bond acceptors (Lipinski definition) is 7. The summed E-state index contributed by atoms with van der Waals surface area (Å²) in [4.78, 5) is 23.9. The van der Waals surface area contributed by atoms with Crippen LogP contribution in [0.25, 0.3) is 0 Å². The van der Waals surface area contributed by atoms with Crippen molar-refractivity contribution < 1.29 is 4.79 Å². The Morgan fingerprint density at radius 1 is 1.00 bits per heavy atom. The fraction of sp³-hybridized carbons (Fsp3) is 0.111. The van der Waals surface area contributed by atoms with Crippen molar-refractivity contribution in [2.75, 3.05) is 16.4 Å². The van der Waals surface area contributed by atoms with Gasteiger partial charge >= 0.3 is 0 Å². The van der Waals surface area contributed by atoms with Crippen LogP contribution >= 0.6 is 0 Å². The van der Waals surface area contributed by atoms with E-state index in [1.54, 1.807) is 30.5 Å². The van der Waals surface area contributed by atoms with E-state index in [1.807, 2.05) is 19.1 Å². The van der Waals surface area contributed by atoms with Gasteiger partial charge in [-0.2, -0.15) is 0 Å². The van der Waals surface area contributed by atoms with E-state index >= 15 is 0 Å². The summed E-state index contributed by atoms with van der Waals surface area (Å²) >= 11 is 0. The molecule has 7 nitrogen and oxygen atoms in total. The van der Waals surface area contributed by atoms with Gasteiger partial charge in [-0.1, -0.05) is 0 Å². The lowest BCUT2D eigenvalue weighted by atomic mass is 10.1. The number of nitrogen functional groups attached to an aromatic ring is 1. The monoisotopic (exact) mass is 334 g/mol. The Labute approximate surface area is 145 Å². The lowest BCUT2D eigenvalue weighted by Gasteiger charge is -2.12. The SMILES string of the molecule is CC(=O)c1ccc(Nc2ncnc(Nc3cc(C)ccn3)c2N)cc1. The average Bonchev–Trinajstić information content (AvgIpc) is 2.59. The molecule has 7 heteroatoms. The number of pyridine rings is 1. The molecule has 0 saturated heterocycles. The molecule has 1 aromatic carbocycles. The van der Waals surface area contributed by atoms with Crippen molar-refractivity contribution in [2.45, 2.75) is 13.8 Å². The smallest absolute Gasteiger partial charge is 0.160 e. The van der Waals surface area contributed by atoms with Crippen LogP contribution in [-0.4, -0.2) is 20.7 Å². The number of anilines is 5. The molecule has 3 aromatic rings. The first-order chi connectivity index (χ1) is 12.0. The van der Waals surface area contributed by atoms with Crippen molar-refractivity contribution in [1.82, 2.24) is 15.0 Å². The van der Waals surface area contributed by atoms with Crippen LogP contribution in [-0.2, 0) is 0 Å². The maximum atomic E-state index is 11.3. The van der Waals surface area contributed by atoms with Crippen molar-refractivity contribution in [3.8, 4) is 0 Å². The van der Waals surface area contributed by atoms with E-state index in [9.17, 15) is 4.79 Å². The lowest BCUT2D eigenvalue weighted by molar-refractivity contribution is 0.101. The molecule has 0 fully saturated rings. The van der Waals surface area contributed by atoms with Crippen LogP contribution in [0.5, 0.6) is 0 Å². The minimum Gasteiger partial charge on any atom is -0.393 e. The molecular formula is C18H18N6O. The predicted octanol–water partition coefficient (Wildman–Crippen LogP) is 3.45. The lowest BCUT2D eigenvalue weighted by Crippen LogP contribution is -2.06. The third-order valence-electron chi connectivity index (χ3n) is 3.60. The van der Waals surface area contributed by atoms with Crippen LogP contribution in [0.1, 0.15) is 22.8 Å². The molecule has 25 heavy (non-hydrogen) atoms.